The number of nitrogens with zero attached hydrogens (tertiary/aromatic N) is 1. The predicted octanol–water partition coefficient (Wildman–Crippen LogP) is 1.49. The molecule has 1 saturated heterocycles. The molecular weight excluding hydrogens is 276 g/mol. The van der Waals surface area contributed by atoms with Crippen LogP contribution in [0.25, 0.3) is 0 Å². The summed E-state index contributed by atoms with van der Waals surface area (Å²) in [7, 11) is -3.48. The van der Waals surface area contributed by atoms with Crippen molar-refractivity contribution in [3.8, 4) is 0 Å². The van der Waals surface area contributed by atoms with Crippen molar-refractivity contribution in [2.24, 2.45) is 11.8 Å². The summed E-state index contributed by atoms with van der Waals surface area (Å²) in [6.45, 7) is 4.77. The Balaban J connectivity index is 2.06. The first-order chi connectivity index (χ1) is 9.45. The molecule has 1 heterocycles. The average Bonchev–Trinajstić information content (AvgIpc) is 2.43. The highest BCUT2D eigenvalue weighted by Gasteiger charge is 2.36. The second-order valence-corrected chi connectivity index (χ2v) is 8.09. The van der Waals surface area contributed by atoms with Crippen molar-refractivity contribution < 1.29 is 13.5 Å². The van der Waals surface area contributed by atoms with Gasteiger partial charge in [-0.1, -0.05) is 33.1 Å². The lowest BCUT2D eigenvalue weighted by Crippen LogP contribution is -2.54. The molecule has 0 aromatic heterocycles. The Kier molecular flexibility index (Phi) is 5.45. The highest BCUT2D eigenvalue weighted by Crippen LogP contribution is 2.30. The number of piperidine rings is 1. The van der Waals surface area contributed by atoms with Crippen LogP contribution in [0.5, 0.6) is 0 Å². The van der Waals surface area contributed by atoms with Crippen LogP contribution in [0.1, 0.15) is 52.4 Å². The van der Waals surface area contributed by atoms with Crippen molar-refractivity contribution in [3.05, 3.63) is 0 Å². The van der Waals surface area contributed by atoms with E-state index in [9.17, 15) is 13.5 Å². The molecule has 1 aliphatic heterocycles. The van der Waals surface area contributed by atoms with Gasteiger partial charge in [-0.25, -0.2) is 0 Å². The number of nitrogens with one attached hydrogen (secondary N) is 1. The topological polar surface area (TPSA) is 69.6 Å². The van der Waals surface area contributed by atoms with E-state index in [2.05, 4.69) is 18.6 Å². The predicted molar refractivity (Wildman–Crippen MR) is 79.5 cm³/mol. The monoisotopic (exact) mass is 304 g/mol. The van der Waals surface area contributed by atoms with Crippen LogP contribution >= 0.6 is 0 Å². The average molecular weight is 304 g/mol. The fraction of sp³-hybridized carbons (Fsp3) is 1.00. The number of hydrogen-bond acceptors (Lipinski definition) is 3. The lowest BCUT2D eigenvalue weighted by molar-refractivity contribution is 0.150. The molecule has 2 N–H and O–H groups in total. The molecule has 20 heavy (non-hydrogen) atoms. The summed E-state index contributed by atoms with van der Waals surface area (Å²) in [4.78, 5) is 0. The first-order valence-electron chi connectivity index (χ1n) is 7.85. The molecule has 0 bridgehead atoms. The Morgan fingerprint density at radius 2 is 1.90 bits per heavy atom. The third-order valence-electron chi connectivity index (χ3n) is 5.10. The summed E-state index contributed by atoms with van der Waals surface area (Å²) in [6.07, 6.45) is 5.82. The van der Waals surface area contributed by atoms with Gasteiger partial charge in [-0.2, -0.15) is 17.4 Å². The third-order valence-corrected chi connectivity index (χ3v) is 6.80. The molecule has 4 atom stereocenters. The smallest absolute Gasteiger partial charge is 0.280 e. The summed E-state index contributed by atoms with van der Waals surface area (Å²) < 4.78 is 29.5. The second kappa shape index (κ2) is 6.73. The van der Waals surface area contributed by atoms with Crippen LogP contribution in [-0.4, -0.2) is 43.1 Å². The zero-order chi connectivity index (χ0) is 14.8. The van der Waals surface area contributed by atoms with Crippen LogP contribution in [0.4, 0.5) is 0 Å². The molecule has 6 heteroatoms. The zero-order valence-electron chi connectivity index (χ0n) is 12.6. The summed E-state index contributed by atoms with van der Waals surface area (Å²) in [5.41, 5.74) is 0. The van der Waals surface area contributed by atoms with Crippen molar-refractivity contribution in [3.63, 3.8) is 0 Å². The fourth-order valence-electron chi connectivity index (χ4n) is 3.48. The van der Waals surface area contributed by atoms with Crippen LogP contribution in [0.3, 0.4) is 0 Å². The Labute approximate surface area is 122 Å². The molecule has 0 radical (unpaired) electrons. The number of aliphatic hydroxyl groups is 1. The SMILES string of the molecule is CC1CCCC(NS(=O)(=O)N2CCCCC2CO)C1C. The maximum Gasteiger partial charge on any atom is 0.280 e. The molecule has 1 saturated carbocycles. The van der Waals surface area contributed by atoms with Gasteiger partial charge >= 0.3 is 0 Å². The fourth-order valence-corrected chi connectivity index (χ4v) is 5.26. The number of aliphatic hydroxyl groups excluding tert-OH is 1. The highest BCUT2D eigenvalue weighted by atomic mass is 32.2. The van der Waals surface area contributed by atoms with E-state index in [1.165, 1.54) is 10.7 Å². The van der Waals surface area contributed by atoms with Crippen molar-refractivity contribution >= 4 is 10.2 Å². The van der Waals surface area contributed by atoms with Crippen LogP contribution in [0.2, 0.25) is 0 Å². The molecular formula is C14H28N2O3S. The van der Waals surface area contributed by atoms with Gasteiger partial charge in [0.15, 0.2) is 0 Å². The maximum atomic E-state index is 12.6. The zero-order valence-corrected chi connectivity index (χ0v) is 13.4. The molecule has 4 unspecified atom stereocenters. The molecule has 5 nitrogen and oxygen atoms in total. The molecule has 118 valence electrons. The minimum absolute atomic E-state index is 0.0324. The molecule has 2 aliphatic rings. The summed E-state index contributed by atoms with van der Waals surface area (Å²) in [5.74, 6) is 0.933. The van der Waals surface area contributed by atoms with Gasteiger partial charge in [-0.15, -0.1) is 0 Å². The van der Waals surface area contributed by atoms with Gasteiger partial charge in [0.25, 0.3) is 10.2 Å². The largest absolute Gasteiger partial charge is 0.395 e. The first kappa shape index (κ1) is 16.2. The normalized spacial score (nSPS) is 37.0. The second-order valence-electron chi connectivity index (χ2n) is 6.44. The van der Waals surface area contributed by atoms with Gasteiger partial charge in [0.05, 0.1) is 6.61 Å². The summed E-state index contributed by atoms with van der Waals surface area (Å²) in [5, 5.41) is 9.39. The summed E-state index contributed by atoms with van der Waals surface area (Å²) >= 11 is 0. The highest BCUT2D eigenvalue weighted by molar-refractivity contribution is 7.87. The summed E-state index contributed by atoms with van der Waals surface area (Å²) in [6, 6.07) is -0.220. The Bertz CT molecular complexity index is 413. The number of hydrogen-bond donors (Lipinski definition) is 2. The molecule has 2 rings (SSSR count). The van der Waals surface area contributed by atoms with E-state index in [-0.39, 0.29) is 18.7 Å². The van der Waals surface area contributed by atoms with Gasteiger partial charge < -0.3 is 5.11 Å². The Hall–Kier alpha value is -0.170. The third kappa shape index (κ3) is 3.53. The van der Waals surface area contributed by atoms with E-state index in [0.29, 0.717) is 18.4 Å². The lowest BCUT2D eigenvalue weighted by Gasteiger charge is -2.38. The van der Waals surface area contributed by atoms with Crippen LogP contribution in [-0.2, 0) is 10.2 Å². The van der Waals surface area contributed by atoms with Gasteiger partial charge in [-0.05, 0) is 31.1 Å². The van der Waals surface area contributed by atoms with Crippen molar-refractivity contribution in [2.45, 2.75) is 64.5 Å². The van der Waals surface area contributed by atoms with Gasteiger partial charge in [0, 0.05) is 18.6 Å². The van der Waals surface area contributed by atoms with Crippen molar-refractivity contribution in [1.29, 1.82) is 0 Å². The van der Waals surface area contributed by atoms with Gasteiger partial charge in [-0.3, -0.25) is 0 Å². The van der Waals surface area contributed by atoms with Crippen LogP contribution in [0, 0.1) is 11.8 Å². The Morgan fingerprint density at radius 3 is 2.60 bits per heavy atom. The molecule has 0 amide bonds. The molecule has 1 aliphatic carbocycles. The van der Waals surface area contributed by atoms with E-state index in [1.54, 1.807) is 0 Å². The maximum absolute atomic E-state index is 12.6. The molecule has 0 spiro atoms. The van der Waals surface area contributed by atoms with Gasteiger partial charge in [0.2, 0.25) is 0 Å². The van der Waals surface area contributed by atoms with E-state index in [1.807, 2.05) is 0 Å². The minimum Gasteiger partial charge on any atom is -0.395 e. The van der Waals surface area contributed by atoms with Gasteiger partial charge in [0.1, 0.15) is 0 Å². The van der Waals surface area contributed by atoms with E-state index < -0.39 is 10.2 Å². The van der Waals surface area contributed by atoms with E-state index >= 15 is 0 Å². The molecule has 2 fully saturated rings. The number of rotatable bonds is 4. The lowest BCUT2D eigenvalue weighted by atomic mass is 9.78. The molecule has 0 aromatic carbocycles. The van der Waals surface area contributed by atoms with Crippen molar-refractivity contribution in [2.75, 3.05) is 13.2 Å². The van der Waals surface area contributed by atoms with Crippen LogP contribution in [0.15, 0.2) is 0 Å². The van der Waals surface area contributed by atoms with E-state index in [4.69, 9.17) is 0 Å². The van der Waals surface area contributed by atoms with Crippen LogP contribution < -0.4 is 4.72 Å². The van der Waals surface area contributed by atoms with E-state index in [0.717, 1.165) is 32.1 Å². The first-order valence-corrected chi connectivity index (χ1v) is 9.29. The molecule has 0 aromatic rings. The minimum atomic E-state index is -3.48. The Morgan fingerprint density at radius 1 is 1.15 bits per heavy atom. The standard InChI is InChI=1S/C14H28N2O3S/c1-11-6-5-8-14(12(11)2)15-20(18,19)16-9-4-3-7-13(16)10-17/h11-15,17H,3-10H2,1-2H3. The van der Waals surface area contributed by atoms with Crippen molar-refractivity contribution in [1.82, 2.24) is 9.03 Å². The quantitative estimate of drug-likeness (QED) is 0.827.